The molecule has 4 nitrogen and oxygen atoms in total. The van der Waals surface area contributed by atoms with Crippen LogP contribution in [-0.4, -0.2) is 9.97 Å². The number of nitrogens with zero attached hydrogens (tertiary/aromatic N) is 2. The van der Waals surface area contributed by atoms with Crippen LogP contribution in [0.5, 0.6) is 0 Å². The molecular weight excluding hydrogens is 327 g/mol. The normalized spacial score (nSPS) is 10.5. The molecule has 1 heterocycles. The summed E-state index contributed by atoms with van der Waals surface area (Å²) in [5.74, 6) is 0.807. The Morgan fingerprint density at radius 1 is 1.12 bits per heavy atom. The first kappa shape index (κ1) is 16.2. The standard InChI is InChI=1S/C18H16ClFN4/c1-12-6-7-14(19)10-16(12)23-18-21-9-8-17(24-18)22-11-13-4-2-3-5-15(13)20/h2-10H,11H2,1H3,(H2,21,22,23,24). The summed E-state index contributed by atoms with van der Waals surface area (Å²) in [6, 6.07) is 13.9. The second kappa shape index (κ2) is 7.27. The van der Waals surface area contributed by atoms with Crippen molar-refractivity contribution in [1.29, 1.82) is 0 Å². The molecule has 2 aromatic carbocycles. The summed E-state index contributed by atoms with van der Waals surface area (Å²) in [7, 11) is 0. The molecule has 0 saturated heterocycles. The van der Waals surface area contributed by atoms with Crippen LogP contribution in [0, 0.1) is 12.7 Å². The Morgan fingerprint density at radius 2 is 1.96 bits per heavy atom. The van der Waals surface area contributed by atoms with E-state index in [1.807, 2.05) is 25.1 Å². The highest BCUT2D eigenvalue weighted by Crippen LogP contribution is 2.23. The average molecular weight is 343 g/mol. The van der Waals surface area contributed by atoms with Gasteiger partial charge < -0.3 is 10.6 Å². The van der Waals surface area contributed by atoms with Crippen LogP contribution >= 0.6 is 11.6 Å². The zero-order valence-corrected chi connectivity index (χ0v) is 13.8. The first-order valence-electron chi connectivity index (χ1n) is 7.45. The van der Waals surface area contributed by atoms with Crippen LogP contribution in [0.4, 0.5) is 21.8 Å². The number of aryl methyl sites for hydroxylation is 1. The highest BCUT2D eigenvalue weighted by atomic mass is 35.5. The van der Waals surface area contributed by atoms with Crippen molar-refractivity contribution in [3.05, 3.63) is 76.7 Å². The molecule has 0 radical (unpaired) electrons. The van der Waals surface area contributed by atoms with Gasteiger partial charge in [0.2, 0.25) is 5.95 Å². The van der Waals surface area contributed by atoms with Gasteiger partial charge >= 0.3 is 0 Å². The Kier molecular flexibility index (Phi) is 4.91. The van der Waals surface area contributed by atoms with Crippen molar-refractivity contribution in [1.82, 2.24) is 9.97 Å². The summed E-state index contributed by atoms with van der Waals surface area (Å²) in [5.41, 5.74) is 2.46. The minimum absolute atomic E-state index is 0.244. The SMILES string of the molecule is Cc1ccc(Cl)cc1Nc1nccc(NCc2ccccc2F)n1. The molecule has 6 heteroatoms. The number of halogens is 2. The summed E-state index contributed by atoms with van der Waals surface area (Å²) in [4.78, 5) is 8.58. The molecule has 2 N–H and O–H groups in total. The van der Waals surface area contributed by atoms with Gasteiger partial charge in [-0.25, -0.2) is 9.37 Å². The smallest absolute Gasteiger partial charge is 0.229 e. The van der Waals surface area contributed by atoms with E-state index in [1.165, 1.54) is 6.07 Å². The van der Waals surface area contributed by atoms with Gasteiger partial charge in [0.25, 0.3) is 0 Å². The third-order valence-electron chi connectivity index (χ3n) is 3.52. The summed E-state index contributed by atoms with van der Waals surface area (Å²) >= 11 is 6.02. The molecule has 122 valence electrons. The third kappa shape index (κ3) is 4.00. The van der Waals surface area contributed by atoms with E-state index in [0.717, 1.165) is 11.3 Å². The van der Waals surface area contributed by atoms with Gasteiger partial charge in [-0.2, -0.15) is 4.98 Å². The number of hydrogen-bond donors (Lipinski definition) is 2. The second-order valence-corrected chi connectivity index (χ2v) is 5.73. The summed E-state index contributed by atoms with van der Waals surface area (Å²) in [6.45, 7) is 2.32. The molecule has 0 fully saturated rings. The number of benzene rings is 2. The minimum Gasteiger partial charge on any atom is -0.366 e. The molecule has 0 bridgehead atoms. The van der Waals surface area contributed by atoms with Crippen molar-refractivity contribution in [3.63, 3.8) is 0 Å². The molecular formula is C18H16ClFN4. The van der Waals surface area contributed by atoms with Gasteiger partial charge in [0.1, 0.15) is 11.6 Å². The van der Waals surface area contributed by atoms with Gasteiger partial charge in [-0.05, 0) is 36.8 Å². The molecule has 3 aromatic rings. The van der Waals surface area contributed by atoms with Crippen LogP contribution in [0.15, 0.2) is 54.7 Å². The van der Waals surface area contributed by atoms with Crippen molar-refractivity contribution in [3.8, 4) is 0 Å². The van der Waals surface area contributed by atoms with E-state index in [9.17, 15) is 4.39 Å². The van der Waals surface area contributed by atoms with Crippen LogP contribution in [0.3, 0.4) is 0 Å². The highest BCUT2D eigenvalue weighted by molar-refractivity contribution is 6.30. The van der Waals surface area contributed by atoms with Crippen LogP contribution in [0.1, 0.15) is 11.1 Å². The Bertz CT molecular complexity index is 854. The van der Waals surface area contributed by atoms with E-state index in [4.69, 9.17) is 11.6 Å². The fraction of sp³-hybridized carbons (Fsp3) is 0.111. The molecule has 3 rings (SSSR count). The molecule has 24 heavy (non-hydrogen) atoms. The minimum atomic E-state index is -0.244. The molecule has 0 aliphatic carbocycles. The lowest BCUT2D eigenvalue weighted by Gasteiger charge is -2.10. The zero-order chi connectivity index (χ0) is 16.9. The Labute approximate surface area is 144 Å². The van der Waals surface area contributed by atoms with Crippen LogP contribution in [-0.2, 0) is 6.54 Å². The molecule has 0 aliphatic heterocycles. The number of anilines is 3. The van der Waals surface area contributed by atoms with E-state index in [0.29, 0.717) is 28.9 Å². The topological polar surface area (TPSA) is 49.8 Å². The molecule has 0 atom stereocenters. The summed E-state index contributed by atoms with van der Waals surface area (Å²) < 4.78 is 13.6. The zero-order valence-electron chi connectivity index (χ0n) is 13.1. The fourth-order valence-electron chi connectivity index (χ4n) is 2.19. The van der Waals surface area contributed by atoms with Crippen molar-refractivity contribution in [2.75, 3.05) is 10.6 Å². The van der Waals surface area contributed by atoms with E-state index in [-0.39, 0.29) is 5.82 Å². The van der Waals surface area contributed by atoms with Crippen molar-refractivity contribution >= 4 is 29.1 Å². The van der Waals surface area contributed by atoms with Gasteiger partial charge in [-0.15, -0.1) is 0 Å². The summed E-state index contributed by atoms with van der Waals surface area (Å²) in [5, 5.41) is 6.88. The van der Waals surface area contributed by atoms with Gasteiger partial charge in [-0.3, -0.25) is 0 Å². The van der Waals surface area contributed by atoms with E-state index in [2.05, 4.69) is 20.6 Å². The summed E-state index contributed by atoms with van der Waals surface area (Å²) in [6.07, 6.45) is 1.64. The molecule has 0 saturated carbocycles. The van der Waals surface area contributed by atoms with Crippen LogP contribution in [0.2, 0.25) is 5.02 Å². The quantitative estimate of drug-likeness (QED) is 0.690. The van der Waals surface area contributed by atoms with Gasteiger partial charge in [0.15, 0.2) is 0 Å². The number of aromatic nitrogens is 2. The fourth-order valence-corrected chi connectivity index (χ4v) is 2.37. The van der Waals surface area contributed by atoms with E-state index in [1.54, 1.807) is 30.5 Å². The lowest BCUT2D eigenvalue weighted by molar-refractivity contribution is 0.613. The van der Waals surface area contributed by atoms with Crippen molar-refractivity contribution in [2.24, 2.45) is 0 Å². The number of rotatable bonds is 5. The van der Waals surface area contributed by atoms with Crippen molar-refractivity contribution < 1.29 is 4.39 Å². The highest BCUT2D eigenvalue weighted by Gasteiger charge is 2.05. The number of nitrogens with one attached hydrogen (secondary N) is 2. The average Bonchev–Trinajstić information content (AvgIpc) is 2.58. The molecule has 0 spiro atoms. The predicted octanol–water partition coefficient (Wildman–Crippen LogP) is 4.93. The van der Waals surface area contributed by atoms with E-state index >= 15 is 0 Å². The lowest BCUT2D eigenvalue weighted by Crippen LogP contribution is -2.05. The lowest BCUT2D eigenvalue weighted by atomic mass is 10.2. The Morgan fingerprint density at radius 3 is 2.79 bits per heavy atom. The molecule has 0 amide bonds. The van der Waals surface area contributed by atoms with Gasteiger partial charge in [0.05, 0.1) is 0 Å². The van der Waals surface area contributed by atoms with Crippen LogP contribution < -0.4 is 10.6 Å². The third-order valence-corrected chi connectivity index (χ3v) is 3.75. The first-order valence-corrected chi connectivity index (χ1v) is 7.83. The monoisotopic (exact) mass is 342 g/mol. The molecule has 1 aromatic heterocycles. The molecule has 0 unspecified atom stereocenters. The first-order chi connectivity index (χ1) is 11.6. The maximum atomic E-state index is 13.6. The maximum Gasteiger partial charge on any atom is 0.229 e. The van der Waals surface area contributed by atoms with Crippen molar-refractivity contribution in [2.45, 2.75) is 13.5 Å². The predicted molar refractivity (Wildman–Crippen MR) is 95.2 cm³/mol. The van der Waals surface area contributed by atoms with Crippen LogP contribution in [0.25, 0.3) is 0 Å². The van der Waals surface area contributed by atoms with E-state index < -0.39 is 0 Å². The number of hydrogen-bond acceptors (Lipinski definition) is 4. The van der Waals surface area contributed by atoms with Gasteiger partial charge in [-0.1, -0.05) is 35.9 Å². The Hall–Kier alpha value is -2.66. The maximum absolute atomic E-state index is 13.6. The second-order valence-electron chi connectivity index (χ2n) is 5.29. The molecule has 0 aliphatic rings. The largest absolute Gasteiger partial charge is 0.366 e. The Balaban J connectivity index is 1.72. The van der Waals surface area contributed by atoms with Gasteiger partial charge in [0, 0.05) is 29.0 Å².